The lowest BCUT2D eigenvalue weighted by atomic mass is 10.0. The monoisotopic (exact) mass is 204 g/mol. The van der Waals surface area contributed by atoms with Gasteiger partial charge in [0.1, 0.15) is 0 Å². The summed E-state index contributed by atoms with van der Waals surface area (Å²) in [5.74, 6) is 0. The minimum atomic E-state index is 1.01. The van der Waals surface area contributed by atoms with E-state index in [0.29, 0.717) is 0 Å². The zero-order chi connectivity index (χ0) is 9.38. The molecular weight excluding hydrogens is 192 g/mol. The Balaban J connectivity index is 2.12. The Bertz CT molecular complexity index is 478. The van der Waals surface area contributed by atoms with Crippen LogP contribution in [0.5, 0.6) is 0 Å². The maximum absolute atomic E-state index is 3.34. The van der Waals surface area contributed by atoms with E-state index in [9.17, 15) is 0 Å². The maximum atomic E-state index is 3.34. The van der Waals surface area contributed by atoms with Crippen LogP contribution in [-0.2, 0) is 0 Å². The smallest absolute Gasteiger partial charge is 0.0594 e. The lowest BCUT2D eigenvalue weighted by Crippen LogP contribution is -2.19. The number of H-pyrrole nitrogens is 1. The number of aromatic nitrogens is 1. The summed E-state index contributed by atoms with van der Waals surface area (Å²) >= 11 is 1.82. The molecule has 72 valence electrons. The van der Waals surface area contributed by atoms with E-state index in [2.05, 4.69) is 34.0 Å². The maximum Gasteiger partial charge on any atom is 0.0594 e. The predicted molar refractivity (Wildman–Crippen MR) is 61.6 cm³/mol. The largest absolute Gasteiger partial charge is 0.360 e. The van der Waals surface area contributed by atoms with Gasteiger partial charge in [-0.15, -0.1) is 11.3 Å². The molecule has 0 fully saturated rings. The molecule has 2 aromatic heterocycles. The first-order valence-electron chi connectivity index (χ1n) is 4.90. The summed E-state index contributed by atoms with van der Waals surface area (Å²) in [5, 5.41) is 5.48. The standard InChI is InChI=1S/C11H12N2S/c1-4-12-5-2-8(1)9-7-13-10-3-6-14-11(9)10/h1,3,6-7,12-13H,2,4-5H2. The molecule has 3 rings (SSSR count). The van der Waals surface area contributed by atoms with Gasteiger partial charge in [-0.1, -0.05) is 6.08 Å². The minimum Gasteiger partial charge on any atom is -0.360 e. The van der Waals surface area contributed by atoms with Gasteiger partial charge in [0.2, 0.25) is 0 Å². The first-order chi connectivity index (χ1) is 6.95. The molecule has 1 aliphatic heterocycles. The van der Waals surface area contributed by atoms with Gasteiger partial charge in [0.15, 0.2) is 0 Å². The number of rotatable bonds is 1. The fraction of sp³-hybridized carbons (Fsp3) is 0.273. The normalized spacial score (nSPS) is 17.3. The van der Waals surface area contributed by atoms with Gasteiger partial charge < -0.3 is 10.3 Å². The number of hydrogen-bond donors (Lipinski definition) is 2. The third kappa shape index (κ3) is 1.21. The molecule has 3 heterocycles. The Hall–Kier alpha value is -1.06. The molecule has 2 nitrogen and oxygen atoms in total. The van der Waals surface area contributed by atoms with Crippen LogP contribution in [0.3, 0.4) is 0 Å². The third-order valence-electron chi connectivity index (χ3n) is 2.69. The second kappa shape index (κ2) is 3.26. The van der Waals surface area contributed by atoms with Crippen molar-refractivity contribution in [2.75, 3.05) is 13.1 Å². The lowest BCUT2D eigenvalue weighted by Gasteiger charge is -2.12. The SMILES string of the molecule is C1=C(c2c[nH]c3ccsc23)CCNC1. The van der Waals surface area contributed by atoms with Crippen LogP contribution in [0.2, 0.25) is 0 Å². The van der Waals surface area contributed by atoms with Gasteiger partial charge in [-0.25, -0.2) is 0 Å². The lowest BCUT2D eigenvalue weighted by molar-refractivity contribution is 0.739. The molecule has 0 unspecified atom stereocenters. The summed E-state index contributed by atoms with van der Waals surface area (Å²) in [7, 11) is 0. The van der Waals surface area contributed by atoms with E-state index in [0.717, 1.165) is 19.5 Å². The van der Waals surface area contributed by atoms with E-state index >= 15 is 0 Å². The third-order valence-corrected chi connectivity index (χ3v) is 3.64. The van der Waals surface area contributed by atoms with Crippen molar-refractivity contribution in [2.24, 2.45) is 0 Å². The molecule has 0 bridgehead atoms. The van der Waals surface area contributed by atoms with Crippen molar-refractivity contribution >= 4 is 27.1 Å². The Kier molecular flexibility index (Phi) is 1.92. The first kappa shape index (κ1) is 8.26. The van der Waals surface area contributed by atoms with Gasteiger partial charge in [-0.2, -0.15) is 0 Å². The fourth-order valence-corrected chi connectivity index (χ4v) is 2.86. The second-order valence-corrected chi connectivity index (χ2v) is 4.47. The number of aromatic amines is 1. The van der Waals surface area contributed by atoms with Crippen LogP contribution < -0.4 is 5.32 Å². The van der Waals surface area contributed by atoms with Gasteiger partial charge in [0.25, 0.3) is 0 Å². The van der Waals surface area contributed by atoms with Gasteiger partial charge in [-0.05, 0) is 30.0 Å². The van der Waals surface area contributed by atoms with E-state index < -0.39 is 0 Å². The fourth-order valence-electron chi connectivity index (χ4n) is 1.95. The Labute approximate surface area is 86.6 Å². The molecule has 1 aliphatic rings. The summed E-state index contributed by atoms with van der Waals surface area (Å²) in [4.78, 5) is 3.31. The molecule has 0 radical (unpaired) electrons. The number of nitrogens with one attached hydrogen (secondary N) is 2. The summed E-state index contributed by atoms with van der Waals surface area (Å²) in [5.41, 5.74) is 4.15. The Morgan fingerprint density at radius 2 is 2.36 bits per heavy atom. The quantitative estimate of drug-likeness (QED) is 0.734. The average molecular weight is 204 g/mol. The van der Waals surface area contributed by atoms with E-state index in [1.165, 1.54) is 21.4 Å². The summed E-state index contributed by atoms with van der Waals surface area (Å²) in [6.45, 7) is 2.11. The van der Waals surface area contributed by atoms with Gasteiger partial charge >= 0.3 is 0 Å². The molecule has 0 aliphatic carbocycles. The summed E-state index contributed by atoms with van der Waals surface area (Å²) in [6, 6.07) is 2.14. The minimum absolute atomic E-state index is 1.01. The highest BCUT2D eigenvalue weighted by Gasteiger charge is 2.11. The van der Waals surface area contributed by atoms with Crippen molar-refractivity contribution < 1.29 is 0 Å². The molecule has 0 spiro atoms. The highest BCUT2D eigenvalue weighted by molar-refractivity contribution is 7.17. The van der Waals surface area contributed by atoms with Crippen molar-refractivity contribution in [1.29, 1.82) is 0 Å². The van der Waals surface area contributed by atoms with Crippen LogP contribution in [0.25, 0.3) is 15.8 Å². The second-order valence-electron chi connectivity index (χ2n) is 3.55. The average Bonchev–Trinajstić information content (AvgIpc) is 2.79. The van der Waals surface area contributed by atoms with Gasteiger partial charge in [0.05, 0.1) is 10.2 Å². The van der Waals surface area contributed by atoms with Crippen molar-refractivity contribution in [1.82, 2.24) is 10.3 Å². The number of fused-ring (bicyclic) bond motifs is 1. The summed E-state index contributed by atoms with van der Waals surface area (Å²) < 4.78 is 1.40. The molecule has 0 aromatic carbocycles. The zero-order valence-electron chi connectivity index (χ0n) is 7.84. The molecule has 2 aromatic rings. The van der Waals surface area contributed by atoms with E-state index in [1.807, 2.05) is 11.3 Å². The number of hydrogen-bond acceptors (Lipinski definition) is 2. The highest BCUT2D eigenvalue weighted by atomic mass is 32.1. The highest BCUT2D eigenvalue weighted by Crippen LogP contribution is 2.31. The van der Waals surface area contributed by atoms with Gasteiger partial charge in [0, 0.05) is 18.3 Å². The Morgan fingerprint density at radius 1 is 1.36 bits per heavy atom. The zero-order valence-corrected chi connectivity index (χ0v) is 8.66. The molecule has 0 atom stereocenters. The van der Waals surface area contributed by atoms with E-state index in [-0.39, 0.29) is 0 Å². The molecule has 3 heteroatoms. The van der Waals surface area contributed by atoms with Crippen molar-refractivity contribution in [3.63, 3.8) is 0 Å². The topological polar surface area (TPSA) is 27.8 Å². The van der Waals surface area contributed by atoms with Crippen LogP contribution in [0.4, 0.5) is 0 Å². The van der Waals surface area contributed by atoms with Crippen LogP contribution in [-0.4, -0.2) is 18.1 Å². The van der Waals surface area contributed by atoms with Gasteiger partial charge in [-0.3, -0.25) is 0 Å². The molecule has 0 amide bonds. The molecule has 0 saturated carbocycles. The van der Waals surface area contributed by atoms with Crippen LogP contribution in [0.1, 0.15) is 12.0 Å². The molecule has 14 heavy (non-hydrogen) atoms. The summed E-state index contributed by atoms with van der Waals surface area (Å²) in [6.07, 6.45) is 5.58. The van der Waals surface area contributed by atoms with Crippen molar-refractivity contribution in [2.45, 2.75) is 6.42 Å². The van der Waals surface area contributed by atoms with Crippen LogP contribution in [0, 0.1) is 0 Å². The first-order valence-corrected chi connectivity index (χ1v) is 5.78. The molecule has 2 N–H and O–H groups in total. The predicted octanol–water partition coefficient (Wildman–Crippen LogP) is 2.61. The van der Waals surface area contributed by atoms with Crippen molar-refractivity contribution in [3.8, 4) is 0 Å². The van der Waals surface area contributed by atoms with Crippen molar-refractivity contribution in [3.05, 3.63) is 29.3 Å². The molecule has 0 saturated heterocycles. The number of thiophene rings is 1. The Morgan fingerprint density at radius 3 is 3.21 bits per heavy atom. The van der Waals surface area contributed by atoms with Crippen LogP contribution >= 0.6 is 11.3 Å². The van der Waals surface area contributed by atoms with E-state index in [4.69, 9.17) is 0 Å². The van der Waals surface area contributed by atoms with E-state index in [1.54, 1.807) is 0 Å². The van der Waals surface area contributed by atoms with Crippen LogP contribution in [0.15, 0.2) is 23.7 Å². The molecular formula is C11H12N2S.